The van der Waals surface area contributed by atoms with E-state index < -0.39 is 12.0 Å². The van der Waals surface area contributed by atoms with Gasteiger partial charge in [-0.1, -0.05) is 103 Å². The smallest absolute Gasteiger partial charge is 0.320 e. The van der Waals surface area contributed by atoms with Crippen molar-refractivity contribution in [2.75, 3.05) is 13.1 Å². The third kappa shape index (κ3) is 19.9. The zero-order valence-corrected chi connectivity index (χ0v) is 18.2. The largest absolute Gasteiger partial charge is 0.480 e. The summed E-state index contributed by atoms with van der Waals surface area (Å²) in [5.74, 6) is -0.750. The minimum atomic E-state index is -0.750. The summed E-state index contributed by atoms with van der Waals surface area (Å²) in [5, 5.41) is 12.3. The fourth-order valence-electron chi connectivity index (χ4n) is 3.58. The van der Waals surface area contributed by atoms with Gasteiger partial charge in [-0.15, -0.1) is 0 Å². The van der Waals surface area contributed by atoms with E-state index in [1.165, 1.54) is 96.3 Å². The van der Waals surface area contributed by atoms with Crippen LogP contribution >= 0.6 is 0 Å². The van der Waals surface area contributed by atoms with Crippen LogP contribution < -0.4 is 11.1 Å². The van der Waals surface area contributed by atoms with Crippen LogP contribution in [0.2, 0.25) is 0 Å². The molecule has 162 valence electrons. The van der Waals surface area contributed by atoms with E-state index in [9.17, 15) is 4.79 Å². The van der Waals surface area contributed by atoms with Gasteiger partial charge in [-0.05, 0) is 32.4 Å². The molecule has 0 saturated carbocycles. The molecule has 0 heterocycles. The Hall–Kier alpha value is -0.610. The lowest BCUT2D eigenvalue weighted by atomic mass is 10.0. The quantitative estimate of drug-likeness (QED) is 0.199. The minimum Gasteiger partial charge on any atom is -0.480 e. The lowest BCUT2D eigenvalue weighted by molar-refractivity contribution is -0.139. The molecule has 27 heavy (non-hydrogen) atoms. The molecule has 4 N–H and O–H groups in total. The van der Waals surface area contributed by atoms with Crippen LogP contribution in [0.3, 0.4) is 0 Å². The van der Waals surface area contributed by atoms with Gasteiger partial charge in [-0.25, -0.2) is 0 Å². The molecule has 0 aliphatic heterocycles. The highest BCUT2D eigenvalue weighted by Gasteiger charge is 2.14. The van der Waals surface area contributed by atoms with E-state index in [0.717, 1.165) is 19.4 Å². The second-order valence-corrected chi connectivity index (χ2v) is 8.08. The summed E-state index contributed by atoms with van der Waals surface area (Å²) in [6.07, 6.45) is 23.2. The molecule has 0 saturated heterocycles. The standard InChI is InChI=1S/C23H48N2O2/c1-2-3-4-5-6-7-8-9-10-11-12-13-14-15-16-17-21-25-22(23(26)27)19-18-20-24/h22,25H,2-21,24H2,1H3,(H,26,27)/t22-/m0/s1. The van der Waals surface area contributed by atoms with Crippen molar-refractivity contribution < 1.29 is 9.90 Å². The van der Waals surface area contributed by atoms with Gasteiger partial charge in [-0.3, -0.25) is 4.79 Å². The Kier molecular flexibility index (Phi) is 21.2. The number of nitrogens with one attached hydrogen (secondary N) is 1. The van der Waals surface area contributed by atoms with Gasteiger partial charge < -0.3 is 16.2 Å². The van der Waals surface area contributed by atoms with Gasteiger partial charge in [0.15, 0.2) is 0 Å². The normalized spacial score (nSPS) is 12.4. The Bertz CT molecular complexity index is 311. The van der Waals surface area contributed by atoms with E-state index in [4.69, 9.17) is 10.8 Å². The molecule has 0 fully saturated rings. The molecule has 4 heteroatoms. The molecule has 0 aliphatic rings. The average molecular weight is 385 g/mol. The van der Waals surface area contributed by atoms with Crippen LogP contribution in [0, 0.1) is 0 Å². The molecule has 0 radical (unpaired) electrons. The first-order valence-corrected chi connectivity index (χ1v) is 11.9. The second kappa shape index (κ2) is 21.7. The Morgan fingerprint density at radius 1 is 0.741 bits per heavy atom. The summed E-state index contributed by atoms with van der Waals surface area (Å²) in [7, 11) is 0. The molecule has 0 aromatic carbocycles. The summed E-state index contributed by atoms with van der Waals surface area (Å²) < 4.78 is 0. The monoisotopic (exact) mass is 384 g/mol. The summed E-state index contributed by atoms with van der Waals surface area (Å²) in [6, 6.07) is -0.426. The van der Waals surface area contributed by atoms with Crippen LogP contribution in [-0.4, -0.2) is 30.2 Å². The fourth-order valence-corrected chi connectivity index (χ4v) is 3.58. The maximum absolute atomic E-state index is 11.1. The first kappa shape index (κ1) is 26.4. The zero-order valence-electron chi connectivity index (χ0n) is 18.2. The van der Waals surface area contributed by atoms with Gasteiger partial charge in [0.2, 0.25) is 0 Å². The molecule has 0 aromatic heterocycles. The molecular formula is C23H48N2O2. The van der Waals surface area contributed by atoms with E-state index in [-0.39, 0.29) is 0 Å². The fraction of sp³-hybridized carbons (Fsp3) is 0.957. The molecule has 0 rings (SSSR count). The average Bonchev–Trinajstić information content (AvgIpc) is 2.66. The summed E-state index contributed by atoms with van der Waals surface area (Å²) in [4.78, 5) is 11.1. The number of hydrogen-bond acceptors (Lipinski definition) is 3. The predicted molar refractivity (Wildman–Crippen MR) is 117 cm³/mol. The Balaban J connectivity index is 3.21. The van der Waals surface area contributed by atoms with Crippen molar-refractivity contribution in [3.63, 3.8) is 0 Å². The minimum absolute atomic E-state index is 0.426. The molecule has 0 spiro atoms. The van der Waals surface area contributed by atoms with Gasteiger partial charge in [0.1, 0.15) is 6.04 Å². The molecule has 0 amide bonds. The van der Waals surface area contributed by atoms with E-state index in [1.807, 2.05) is 0 Å². The highest BCUT2D eigenvalue weighted by molar-refractivity contribution is 5.73. The number of carboxylic acid groups (broad SMARTS) is 1. The topological polar surface area (TPSA) is 75.3 Å². The lowest BCUT2D eigenvalue weighted by Gasteiger charge is -2.13. The molecular weight excluding hydrogens is 336 g/mol. The van der Waals surface area contributed by atoms with E-state index in [0.29, 0.717) is 13.0 Å². The zero-order chi connectivity index (χ0) is 20.0. The summed E-state index contributed by atoms with van der Waals surface area (Å²) in [5.41, 5.74) is 5.45. The van der Waals surface area contributed by atoms with E-state index >= 15 is 0 Å². The van der Waals surface area contributed by atoms with Crippen molar-refractivity contribution in [3.8, 4) is 0 Å². The summed E-state index contributed by atoms with van der Waals surface area (Å²) >= 11 is 0. The number of unbranched alkanes of at least 4 members (excludes halogenated alkanes) is 15. The third-order valence-electron chi connectivity index (χ3n) is 5.42. The first-order chi connectivity index (χ1) is 13.2. The van der Waals surface area contributed by atoms with Gasteiger partial charge in [0, 0.05) is 0 Å². The molecule has 0 bridgehead atoms. The molecule has 0 unspecified atom stereocenters. The van der Waals surface area contributed by atoms with Crippen LogP contribution in [0.15, 0.2) is 0 Å². The maximum Gasteiger partial charge on any atom is 0.320 e. The molecule has 0 aliphatic carbocycles. The van der Waals surface area contributed by atoms with Crippen molar-refractivity contribution in [1.29, 1.82) is 0 Å². The number of aliphatic carboxylic acids is 1. The third-order valence-corrected chi connectivity index (χ3v) is 5.42. The second-order valence-electron chi connectivity index (χ2n) is 8.08. The maximum atomic E-state index is 11.1. The molecule has 1 atom stereocenters. The number of nitrogens with two attached hydrogens (primary N) is 1. The van der Waals surface area contributed by atoms with E-state index in [1.54, 1.807) is 0 Å². The van der Waals surface area contributed by atoms with Crippen LogP contribution in [0.1, 0.15) is 122 Å². The first-order valence-electron chi connectivity index (χ1n) is 11.9. The highest BCUT2D eigenvalue weighted by Crippen LogP contribution is 2.13. The summed E-state index contributed by atoms with van der Waals surface area (Å²) in [6.45, 7) is 3.64. The lowest BCUT2D eigenvalue weighted by Crippen LogP contribution is -2.37. The number of rotatable bonds is 22. The SMILES string of the molecule is CCCCCCCCCCCCCCCCCCN[C@@H](CCCN)C(=O)O. The predicted octanol–water partition coefficient (Wildman–Crippen LogP) is 6.03. The number of hydrogen-bond donors (Lipinski definition) is 3. The Morgan fingerprint density at radius 3 is 1.52 bits per heavy atom. The highest BCUT2D eigenvalue weighted by atomic mass is 16.4. The van der Waals surface area contributed by atoms with Gasteiger partial charge in [0.05, 0.1) is 0 Å². The number of carboxylic acids is 1. The van der Waals surface area contributed by atoms with Crippen molar-refractivity contribution in [3.05, 3.63) is 0 Å². The molecule has 4 nitrogen and oxygen atoms in total. The van der Waals surface area contributed by atoms with Crippen LogP contribution in [-0.2, 0) is 4.79 Å². The van der Waals surface area contributed by atoms with Crippen LogP contribution in [0.25, 0.3) is 0 Å². The van der Waals surface area contributed by atoms with Crippen molar-refractivity contribution >= 4 is 5.97 Å². The Morgan fingerprint density at radius 2 is 1.15 bits per heavy atom. The Labute approximate surface area is 169 Å². The molecule has 0 aromatic rings. The van der Waals surface area contributed by atoms with Crippen molar-refractivity contribution in [2.45, 2.75) is 129 Å². The van der Waals surface area contributed by atoms with Crippen molar-refractivity contribution in [1.82, 2.24) is 5.32 Å². The van der Waals surface area contributed by atoms with Crippen LogP contribution in [0.5, 0.6) is 0 Å². The number of carbonyl (C=O) groups is 1. The van der Waals surface area contributed by atoms with Crippen LogP contribution in [0.4, 0.5) is 0 Å². The van der Waals surface area contributed by atoms with E-state index in [2.05, 4.69) is 12.2 Å². The van der Waals surface area contributed by atoms with Gasteiger partial charge >= 0.3 is 5.97 Å². The van der Waals surface area contributed by atoms with Gasteiger partial charge in [0.25, 0.3) is 0 Å². The van der Waals surface area contributed by atoms with Gasteiger partial charge in [-0.2, -0.15) is 0 Å². The van der Waals surface area contributed by atoms with Crippen molar-refractivity contribution in [2.24, 2.45) is 5.73 Å².